The fourth-order valence-electron chi connectivity index (χ4n) is 2.97. The predicted molar refractivity (Wildman–Crippen MR) is 104 cm³/mol. The first-order valence-corrected chi connectivity index (χ1v) is 10.3. The average Bonchev–Trinajstić information content (AvgIpc) is 2.97. The summed E-state index contributed by atoms with van der Waals surface area (Å²) in [5, 5.41) is 2.64. The van der Waals surface area contributed by atoms with Gasteiger partial charge in [-0.25, -0.2) is 22.5 Å². The minimum Gasteiger partial charge on any atom is -0.350 e. The molecule has 3 aromatic rings. The van der Waals surface area contributed by atoms with Crippen LogP contribution in [0.15, 0.2) is 47.4 Å². The summed E-state index contributed by atoms with van der Waals surface area (Å²) >= 11 is 0. The fourth-order valence-corrected chi connectivity index (χ4v) is 4.04. The van der Waals surface area contributed by atoms with Gasteiger partial charge < -0.3 is 9.88 Å². The molecule has 0 saturated carbocycles. The van der Waals surface area contributed by atoms with E-state index in [1.165, 1.54) is 0 Å². The van der Waals surface area contributed by atoms with Gasteiger partial charge in [0.1, 0.15) is 11.6 Å². The lowest BCUT2D eigenvalue weighted by atomic mass is 10.2. The highest BCUT2D eigenvalue weighted by Gasteiger charge is 2.19. The third-order valence-corrected chi connectivity index (χ3v) is 5.84. The van der Waals surface area contributed by atoms with Gasteiger partial charge in [0.2, 0.25) is 10.0 Å². The quantitative estimate of drug-likeness (QED) is 0.631. The van der Waals surface area contributed by atoms with E-state index in [1.54, 1.807) is 6.92 Å². The van der Waals surface area contributed by atoms with Gasteiger partial charge in [-0.3, -0.25) is 4.79 Å². The molecule has 2 N–H and O–H groups in total. The molecule has 28 heavy (non-hydrogen) atoms. The number of imidazole rings is 1. The van der Waals surface area contributed by atoms with Gasteiger partial charge in [0.25, 0.3) is 5.91 Å². The Kier molecular flexibility index (Phi) is 5.76. The highest BCUT2D eigenvalue weighted by molar-refractivity contribution is 7.89. The number of halogens is 1. The number of amides is 1. The Balaban J connectivity index is 1.74. The van der Waals surface area contributed by atoms with E-state index in [0.29, 0.717) is 6.54 Å². The van der Waals surface area contributed by atoms with Crippen LogP contribution >= 0.6 is 0 Å². The number of hydrogen-bond acceptors (Lipinski definition) is 4. The van der Waals surface area contributed by atoms with Gasteiger partial charge >= 0.3 is 0 Å². The van der Waals surface area contributed by atoms with Gasteiger partial charge in [0, 0.05) is 19.6 Å². The molecule has 7 nitrogen and oxygen atoms in total. The van der Waals surface area contributed by atoms with Crippen molar-refractivity contribution >= 4 is 27.0 Å². The highest BCUT2D eigenvalue weighted by atomic mass is 32.2. The molecule has 1 amide bonds. The SMILES string of the molecule is CCNS(=O)(=O)c1ccc(F)c(C(=O)NCCn2c(C)nc3ccccc32)c1. The van der Waals surface area contributed by atoms with E-state index in [4.69, 9.17) is 0 Å². The summed E-state index contributed by atoms with van der Waals surface area (Å²) in [5.74, 6) is -0.648. The molecular formula is C19H21FN4O3S. The summed E-state index contributed by atoms with van der Waals surface area (Å²) in [4.78, 5) is 16.7. The van der Waals surface area contributed by atoms with Crippen LogP contribution in [0.3, 0.4) is 0 Å². The third kappa shape index (κ3) is 4.05. The summed E-state index contributed by atoms with van der Waals surface area (Å²) in [6.45, 7) is 4.39. The van der Waals surface area contributed by atoms with E-state index in [0.717, 1.165) is 35.1 Å². The first-order chi connectivity index (χ1) is 13.3. The van der Waals surface area contributed by atoms with Gasteiger partial charge in [-0.2, -0.15) is 0 Å². The number of fused-ring (bicyclic) bond motifs is 1. The number of para-hydroxylation sites is 2. The molecule has 0 fully saturated rings. The van der Waals surface area contributed by atoms with Gasteiger partial charge in [0.15, 0.2) is 0 Å². The minimum atomic E-state index is -3.78. The molecule has 0 aliphatic carbocycles. The Hall–Kier alpha value is -2.78. The van der Waals surface area contributed by atoms with Crippen molar-refractivity contribution in [2.45, 2.75) is 25.3 Å². The minimum absolute atomic E-state index is 0.155. The number of carbonyl (C=O) groups excluding carboxylic acids is 1. The molecule has 0 atom stereocenters. The van der Waals surface area contributed by atoms with Crippen molar-refractivity contribution < 1.29 is 17.6 Å². The molecule has 2 aromatic carbocycles. The normalized spacial score (nSPS) is 11.7. The third-order valence-electron chi connectivity index (χ3n) is 4.29. The van der Waals surface area contributed by atoms with Crippen molar-refractivity contribution in [2.24, 2.45) is 0 Å². The number of rotatable bonds is 7. The first-order valence-electron chi connectivity index (χ1n) is 8.82. The molecule has 0 radical (unpaired) electrons. The number of aryl methyl sites for hydroxylation is 1. The molecule has 148 valence electrons. The maximum Gasteiger partial charge on any atom is 0.254 e. The summed E-state index contributed by atoms with van der Waals surface area (Å²) in [7, 11) is -3.78. The average molecular weight is 404 g/mol. The van der Waals surface area contributed by atoms with E-state index in [2.05, 4.69) is 15.0 Å². The molecule has 9 heteroatoms. The van der Waals surface area contributed by atoms with Gasteiger partial charge in [0.05, 0.1) is 21.5 Å². The van der Waals surface area contributed by atoms with Crippen molar-refractivity contribution in [1.82, 2.24) is 19.6 Å². The Labute approximate surface area is 162 Å². The summed E-state index contributed by atoms with van der Waals surface area (Å²) in [5.41, 5.74) is 1.49. The van der Waals surface area contributed by atoms with Crippen molar-refractivity contribution in [3.8, 4) is 0 Å². The fraction of sp³-hybridized carbons (Fsp3) is 0.263. The van der Waals surface area contributed by atoms with Crippen LogP contribution in [0, 0.1) is 12.7 Å². The van der Waals surface area contributed by atoms with Gasteiger partial charge in [-0.15, -0.1) is 0 Å². The molecule has 0 bridgehead atoms. The van der Waals surface area contributed by atoms with E-state index < -0.39 is 21.7 Å². The lowest BCUT2D eigenvalue weighted by Gasteiger charge is -2.11. The van der Waals surface area contributed by atoms with Crippen molar-refractivity contribution in [3.05, 3.63) is 59.7 Å². The van der Waals surface area contributed by atoms with Crippen LogP contribution in [0.25, 0.3) is 11.0 Å². The smallest absolute Gasteiger partial charge is 0.254 e. The molecule has 0 aliphatic rings. The zero-order chi connectivity index (χ0) is 20.3. The number of nitrogens with zero attached hydrogens (tertiary/aromatic N) is 2. The highest BCUT2D eigenvalue weighted by Crippen LogP contribution is 2.16. The summed E-state index contributed by atoms with van der Waals surface area (Å²) < 4.78 is 42.5. The predicted octanol–water partition coefficient (Wildman–Crippen LogP) is 2.21. The molecule has 0 spiro atoms. The number of carbonyl (C=O) groups is 1. The van der Waals surface area contributed by atoms with Crippen molar-refractivity contribution in [3.63, 3.8) is 0 Å². The van der Waals surface area contributed by atoms with Crippen LogP contribution < -0.4 is 10.0 Å². The largest absolute Gasteiger partial charge is 0.350 e. The van der Waals surface area contributed by atoms with E-state index in [-0.39, 0.29) is 23.5 Å². The number of aromatic nitrogens is 2. The number of nitrogens with one attached hydrogen (secondary N) is 2. The van der Waals surface area contributed by atoms with Crippen LogP contribution in [0.1, 0.15) is 23.1 Å². The maximum absolute atomic E-state index is 14.1. The van der Waals surface area contributed by atoms with Crippen LogP contribution in [0.4, 0.5) is 4.39 Å². The second-order valence-corrected chi connectivity index (χ2v) is 7.97. The van der Waals surface area contributed by atoms with Crippen molar-refractivity contribution in [2.75, 3.05) is 13.1 Å². The molecule has 0 unspecified atom stereocenters. The van der Waals surface area contributed by atoms with Crippen molar-refractivity contribution in [1.29, 1.82) is 0 Å². The van der Waals surface area contributed by atoms with Crippen LogP contribution in [-0.2, 0) is 16.6 Å². The standard InChI is InChI=1S/C19H21FN4O3S/c1-3-22-28(26,27)14-8-9-16(20)15(12-14)19(25)21-10-11-24-13(2)23-17-6-4-5-7-18(17)24/h4-9,12,22H,3,10-11H2,1-2H3,(H,21,25). The molecule has 3 rings (SSSR count). The Morgan fingerprint density at radius 3 is 2.71 bits per heavy atom. The van der Waals surface area contributed by atoms with E-state index in [1.807, 2.05) is 35.8 Å². The Morgan fingerprint density at radius 2 is 1.96 bits per heavy atom. The Bertz CT molecular complexity index is 1130. The van der Waals surface area contributed by atoms with E-state index in [9.17, 15) is 17.6 Å². The van der Waals surface area contributed by atoms with Crippen LogP contribution in [0.2, 0.25) is 0 Å². The lowest BCUT2D eigenvalue weighted by molar-refractivity contribution is 0.0948. The number of hydrogen-bond donors (Lipinski definition) is 2. The maximum atomic E-state index is 14.1. The summed E-state index contributed by atoms with van der Waals surface area (Å²) in [6.07, 6.45) is 0. The second-order valence-electron chi connectivity index (χ2n) is 6.20. The molecule has 1 heterocycles. The zero-order valence-electron chi connectivity index (χ0n) is 15.6. The second kappa shape index (κ2) is 8.07. The number of sulfonamides is 1. The topological polar surface area (TPSA) is 93.1 Å². The van der Waals surface area contributed by atoms with Gasteiger partial charge in [-0.05, 0) is 37.3 Å². The molecular weight excluding hydrogens is 383 g/mol. The first kappa shape index (κ1) is 20.0. The monoisotopic (exact) mass is 404 g/mol. The number of benzene rings is 2. The molecule has 1 aromatic heterocycles. The molecule has 0 saturated heterocycles. The Morgan fingerprint density at radius 1 is 1.21 bits per heavy atom. The zero-order valence-corrected chi connectivity index (χ0v) is 16.4. The van der Waals surface area contributed by atoms with Crippen LogP contribution in [0.5, 0.6) is 0 Å². The van der Waals surface area contributed by atoms with Crippen LogP contribution in [-0.4, -0.2) is 37.0 Å². The van der Waals surface area contributed by atoms with Gasteiger partial charge in [-0.1, -0.05) is 19.1 Å². The lowest BCUT2D eigenvalue weighted by Crippen LogP contribution is -2.29. The van der Waals surface area contributed by atoms with E-state index >= 15 is 0 Å². The summed E-state index contributed by atoms with van der Waals surface area (Å²) in [6, 6.07) is 10.8. The molecule has 0 aliphatic heterocycles.